The van der Waals surface area contributed by atoms with E-state index in [2.05, 4.69) is 0 Å². The number of nitro benzene ring substituents is 1. The molecule has 2 rings (SSSR count). The Morgan fingerprint density at radius 1 is 1.35 bits per heavy atom. The summed E-state index contributed by atoms with van der Waals surface area (Å²) < 4.78 is 14.7. The monoisotopic (exact) mass is 236 g/mol. The van der Waals surface area contributed by atoms with Gasteiger partial charge < -0.3 is 4.57 Å². The van der Waals surface area contributed by atoms with Crippen LogP contribution in [-0.2, 0) is 7.05 Å². The zero-order valence-electron chi connectivity index (χ0n) is 9.23. The quantitative estimate of drug-likeness (QED) is 0.561. The zero-order valence-corrected chi connectivity index (χ0v) is 9.23. The average molecular weight is 236 g/mol. The summed E-state index contributed by atoms with van der Waals surface area (Å²) >= 11 is 0. The molecule has 88 valence electrons. The molecule has 0 bridgehead atoms. The Balaban J connectivity index is 2.93. The van der Waals surface area contributed by atoms with E-state index in [4.69, 9.17) is 0 Å². The highest BCUT2D eigenvalue weighted by atomic mass is 19.1. The smallest absolute Gasteiger partial charge is 0.305 e. The molecule has 0 N–H and O–H groups in total. The van der Waals surface area contributed by atoms with Gasteiger partial charge in [-0.2, -0.15) is 4.39 Å². The van der Waals surface area contributed by atoms with Crippen LogP contribution in [0.25, 0.3) is 10.9 Å². The number of halogens is 1. The topological polar surface area (TPSA) is 65.1 Å². The summed E-state index contributed by atoms with van der Waals surface area (Å²) in [5, 5.41) is 11.1. The third-order valence-corrected chi connectivity index (χ3v) is 2.67. The molecule has 6 heteroatoms. The van der Waals surface area contributed by atoms with E-state index >= 15 is 0 Å². The minimum Gasteiger partial charge on any atom is -0.311 e. The van der Waals surface area contributed by atoms with E-state index in [1.165, 1.54) is 17.7 Å². The number of aryl methyl sites for hydroxylation is 2. The molecule has 1 heterocycles. The summed E-state index contributed by atoms with van der Waals surface area (Å²) in [7, 11) is 1.50. The lowest BCUT2D eigenvalue weighted by molar-refractivity contribution is -0.387. The van der Waals surface area contributed by atoms with Crippen LogP contribution in [0, 0.1) is 22.9 Å². The van der Waals surface area contributed by atoms with Gasteiger partial charge in [0.15, 0.2) is 0 Å². The number of nitrogens with zero attached hydrogens (tertiary/aromatic N) is 2. The first-order valence-electron chi connectivity index (χ1n) is 4.86. The molecule has 0 aliphatic carbocycles. The van der Waals surface area contributed by atoms with E-state index in [0.29, 0.717) is 16.5 Å². The number of benzene rings is 1. The zero-order chi connectivity index (χ0) is 12.7. The first kappa shape index (κ1) is 11.3. The van der Waals surface area contributed by atoms with Gasteiger partial charge in [0, 0.05) is 30.1 Å². The van der Waals surface area contributed by atoms with Gasteiger partial charge in [-0.3, -0.25) is 14.9 Å². The second-order valence-electron chi connectivity index (χ2n) is 3.81. The van der Waals surface area contributed by atoms with Crippen molar-refractivity contribution in [2.24, 2.45) is 7.05 Å². The van der Waals surface area contributed by atoms with Gasteiger partial charge in [-0.15, -0.1) is 0 Å². The molecule has 5 nitrogen and oxygen atoms in total. The summed E-state index contributed by atoms with van der Waals surface area (Å²) in [5.74, 6) is -0.943. The third-order valence-electron chi connectivity index (χ3n) is 2.67. The van der Waals surface area contributed by atoms with Crippen LogP contribution in [-0.4, -0.2) is 9.49 Å². The Morgan fingerprint density at radius 3 is 2.59 bits per heavy atom. The van der Waals surface area contributed by atoms with Crippen molar-refractivity contribution in [1.29, 1.82) is 0 Å². The van der Waals surface area contributed by atoms with Crippen LogP contribution in [0.2, 0.25) is 0 Å². The molecule has 0 saturated carbocycles. The van der Waals surface area contributed by atoms with Gasteiger partial charge in [0.05, 0.1) is 10.4 Å². The molecule has 0 fully saturated rings. The number of nitro groups is 1. The molecule has 0 saturated heterocycles. The number of fused-ring (bicyclic) bond motifs is 1. The Labute approximate surface area is 95.3 Å². The summed E-state index contributed by atoms with van der Waals surface area (Å²) in [6.45, 7) is 1.61. The largest absolute Gasteiger partial charge is 0.311 e. The fourth-order valence-electron chi connectivity index (χ4n) is 1.78. The molecule has 0 radical (unpaired) electrons. The molecule has 0 spiro atoms. The van der Waals surface area contributed by atoms with Crippen molar-refractivity contribution in [2.75, 3.05) is 0 Å². The fraction of sp³-hybridized carbons (Fsp3) is 0.182. The standard InChI is InChI=1S/C11H9FN2O3/c1-6-3-7-4-10(14(16)17)8(12)5-9(7)13(2)11(6)15/h3-5H,1-2H3. The molecule has 0 aliphatic rings. The molecule has 17 heavy (non-hydrogen) atoms. The second-order valence-corrected chi connectivity index (χ2v) is 3.81. The Hall–Kier alpha value is -2.24. The van der Waals surface area contributed by atoms with Gasteiger partial charge >= 0.3 is 5.69 Å². The van der Waals surface area contributed by atoms with Crippen molar-refractivity contribution in [1.82, 2.24) is 4.57 Å². The van der Waals surface area contributed by atoms with Crippen LogP contribution in [0.4, 0.5) is 10.1 Å². The first-order chi connectivity index (χ1) is 7.91. The van der Waals surface area contributed by atoms with Crippen molar-refractivity contribution < 1.29 is 9.31 Å². The molecule has 0 unspecified atom stereocenters. The highest BCUT2D eigenvalue weighted by Gasteiger charge is 2.16. The van der Waals surface area contributed by atoms with Crippen LogP contribution in [0.3, 0.4) is 0 Å². The number of pyridine rings is 1. The Kier molecular flexibility index (Phi) is 2.42. The van der Waals surface area contributed by atoms with E-state index in [0.717, 1.165) is 12.1 Å². The minimum atomic E-state index is -0.943. The van der Waals surface area contributed by atoms with Gasteiger partial charge in [0.1, 0.15) is 0 Å². The van der Waals surface area contributed by atoms with Gasteiger partial charge in [-0.1, -0.05) is 0 Å². The lowest BCUT2D eigenvalue weighted by atomic mass is 10.1. The minimum absolute atomic E-state index is 0.245. The van der Waals surface area contributed by atoms with Crippen molar-refractivity contribution in [2.45, 2.75) is 6.92 Å². The first-order valence-corrected chi connectivity index (χ1v) is 4.86. The molecule has 0 aliphatic heterocycles. The number of rotatable bonds is 1. The van der Waals surface area contributed by atoms with Gasteiger partial charge in [0.2, 0.25) is 5.82 Å². The summed E-state index contributed by atoms with van der Waals surface area (Å²) in [6, 6.07) is 3.66. The summed E-state index contributed by atoms with van der Waals surface area (Å²) in [5.41, 5.74) is -0.0362. The normalized spacial score (nSPS) is 10.8. The fourth-order valence-corrected chi connectivity index (χ4v) is 1.78. The summed E-state index contributed by atoms with van der Waals surface area (Å²) in [6.07, 6.45) is 0. The number of hydrogen-bond acceptors (Lipinski definition) is 3. The van der Waals surface area contributed by atoms with Gasteiger partial charge in [0.25, 0.3) is 5.56 Å². The number of hydrogen-bond donors (Lipinski definition) is 0. The highest BCUT2D eigenvalue weighted by Crippen LogP contribution is 2.23. The number of aromatic nitrogens is 1. The van der Waals surface area contributed by atoms with Gasteiger partial charge in [-0.25, -0.2) is 0 Å². The predicted molar refractivity (Wildman–Crippen MR) is 60.5 cm³/mol. The molecule has 0 atom stereocenters. The predicted octanol–water partition coefficient (Wildman–Crippen LogP) is 1.89. The maximum absolute atomic E-state index is 13.4. The van der Waals surface area contributed by atoms with Crippen LogP contribution in [0.5, 0.6) is 0 Å². The third kappa shape index (κ3) is 1.67. The average Bonchev–Trinajstić information content (AvgIpc) is 2.26. The van der Waals surface area contributed by atoms with Crippen molar-refractivity contribution in [3.05, 3.63) is 50.0 Å². The Morgan fingerprint density at radius 2 is 2.00 bits per heavy atom. The van der Waals surface area contributed by atoms with Crippen LogP contribution < -0.4 is 5.56 Å². The van der Waals surface area contributed by atoms with Crippen LogP contribution in [0.1, 0.15) is 5.56 Å². The van der Waals surface area contributed by atoms with Gasteiger partial charge in [-0.05, 0) is 13.0 Å². The molecular formula is C11H9FN2O3. The molecule has 2 aromatic rings. The van der Waals surface area contributed by atoms with Crippen LogP contribution in [0.15, 0.2) is 23.0 Å². The lowest BCUT2D eigenvalue weighted by Crippen LogP contribution is -2.19. The van der Waals surface area contributed by atoms with E-state index in [1.807, 2.05) is 0 Å². The van der Waals surface area contributed by atoms with Crippen LogP contribution >= 0.6 is 0 Å². The molecular weight excluding hydrogens is 227 g/mol. The molecule has 1 aromatic carbocycles. The highest BCUT2D eigenvalue weighted by molar-refractivity contribution is 5.82. The lowest BCUT2D eigenvalue weighted by Gasteiger charge is -2.06. The van der Waals surface area contributed by atoms with E-state index in [1.54, 1.807) is 6.92 Å². The van der Waals surface area contributed by atoms with Crippen molar-refractivity contribution >= 4 is 16.6 Å². The maximum atomic E-state index is 13.4. The van der Waals surface area contributed by atoms with E-state index < -0.39 is 16.4 Å². The van der Waals surface area contributed by atoms with E-state index in [-0.39, 0.29) is 5.56 Å². The SMILES string of the molecule is Cc1cc2cc([N+](=O)[O-])c(F)cc2n(C)c1=O. The second kappa shape index (κ2) is 3.65. The van der Waals surface area contributed by atoms with Crippen molar-refractivity contribution in [3.8, 4) is 0 Å². The maximum Gasteiger partial charge on any atom is 0.305 e. The Bertz CT molecular complexity index is 691. The van der Waals surface area contributed by atoms with E-state index in [9.17, 15) is 19.3 Å². The molecule has 0 amide bonds. The van der Waals surface area contributed by atoms with Crippen molar-refractivity contribution in [3.63, 3.8) is 0 Å². The summed E-state index contributed by atoms with van der Waals surface area (Å²) in [4.78, 5) is 21.4. The molecule has 1 aromatic heterocycles.